The third-order valence-electron chi connectivity index (χ3n) is 7.87. The number of carbonyl (C=O) groups excluding carboxylic acids is 1. The zero-order valence-electron chi connectivity index (χ0n) is 23.8. The average Bonchev–Trinajstić information content (AvgIpc) is 3.69. The molecule has 1 aliphatic heterocycles. The van der Waals surface area contributed by atoms with Crippen LogP contribution in [0.1, 0.15) is 20.4 Å². The first-order chi connectivity index (χ1) is 20.9. The Hall–Kier alpha value is -4.38. The number of carboxylic acids is 1. The van der Waals surface area contributed by atoms with Crippen molar-refractivity contribution >= 4 is 55.7 Å². The fraction of sp³-hybridized carbons (Fsp3) is 0.212. The van der Waals surface area contributed by atoms with Crippen LogP contribution in [0.25, 0.3) is 54.1 Å². The molecule has 0 radical (unpaired) electrons. The standard InChI is InChI=1S/C33H29N5O3S2/c1-19-31(42-20(2)35-19)25-11-8-22-16-23(9-10-24(22)36-25)30-29(21-6-4-3-5-7-21)32-26(17-27(43-32)33(40)41)38(30)18-28(39)37-14-12-34-13-15-37/h3-11,16-17,34H,12-15,18H2,1-2H3,(H,40,41). The molecule has 4 aromatic heterocycles. The van der Waals surface area contributed by atoms with Gasteiger partial charge in [-0.15, -0.1) is 22.7 Å². The summed E-state index contributed by atoms with van der Waals surface area (Å²) in [6.07, 6.45) is 0. The molecular weight excluding hydrogens is 579 g/mol. The number of nitrogens with one attached hydrogen (secondary N) is 1. The minimum absolute atomic E-state index is 0.0182. The first kappa shape index (κ1) is 27.5. The van der Waals surface area contributed by atoms with Crippen molar-refractivity contribution in [1.29, 1.82) is 0 Å². The van der Waals surface area contributed by atoms with Gasteiger partial charge < -0.3 is 19.9 Å². The van der Waals surface area contributed by atoms with Crippen molar-refractivity contribution in [2.75, 3.05) is 26.2 Å². The van der Waals surface area contributed by atoms with Crippen molar-refractivity contribution in [3.05, 3.63) is 82.3 Å². The summed E-state index contributed by atoms with van der Waals surface area (Å²) in [7, 11) is 0. The van der Waals surface area contributed by atoms with Crippen LogP contribution in [0.2, 0.25) is 0 Å². The van der Waals surface area contributed by atoms with Crippen molar-refractivity contribution in [3.63, 3.8) is 0 Å². The maximum Gasteiger partial charge on any atom is 0.345 e. The second-order valence-corrected chi connectivity index (χ2v) is 12.9. The summed E-state index contributed by atoms with van der Waals surface area (Å²) in [6.45, 7) is 6.95. The Bertz CT molecular complexity index is 2020. The lowest BCUT2D eigenvalue weighted by molar-refractivity contribution is -0.132. The van der Waals surface area contributed by atoms with E-state index in [1.807, 2.05) is 65.8 Å². The van der Waals surface area contributed by atoms with Gasteiger partial charge in [-0.2, -0.15) is 0 Å². The number of hydrogen-bond acceptors (Lipinski definition) is 7. The Morgan fingerprint density at radius 2 is 1.72 bits per heavy atom. The summed E-state index contributed by atoms with van der Waals surface area (Å²) in [5.41, 5.74) is 7.25. The van der Waals surface area contributed by atoms with Crippen LogP contribution >= 0.6 is 22.7 Å². The fourth-order valence-corrected chi connectivity index (χ4v) is 7.84. The monoisotopic (exact) mass is 607 g/mol. The van der Waals surface area contributed by atoms with E-state index in [1.54, 1.807) is 17.4 Å². The second-order valence-electron chi connectivity index (χ2n) is 10.7. The number of carboxylic acid groups (broad SMARTS) is 1. The molecule has 6 aromatic rings. The number of carbonyl (C=O) groups is 2. The summed E-state index contributed by atoms with van der Waals surface area (Å²) in [6, 6.07) is 22.0. The zero-order chi connectivity index (χ0) is 29.7. The molecule has 7 rings (SSSR count). The number of piperazine rings is 1. The molecule has 1 amide bonds. The fourth-order valence-electron chi connectivity index (χ4n) is 5.88. The van der Waals surface area contributed by atoms with E-state index >= 15 is 0 Å². The number of hydrogen-bond donors (Lipinski definition) is 2. The number of aromatic carboxylic acids is 1. The molecule has 0 saturated carbocycles. The topological polar surface area (TPSA) is 100 Å². The van der Waals surface area contributed by atoms with E-state index in [2.05, 4.69) is 28.5 Å². The van der Waals surface area contributed by atoms with Crippen molar-refractivity contribution in [3.8, 4) is 33.0 Å². The highest BCUT2D eigenvalue weighted by atomic mass is 32.1. The average molecular weight is 608 g/mol. The predicted octanol–water partition coefficient (Wildman–Crippen LogP) is 6.46. The van der Waals surface area contributed by atoms with Gasteiger partial charge in [-0.3, -0.25) is 4.79 Å². The van der Waals surface area contributed by atoms with Gasteiger partial charge in [0.25, 0.3) is 0 Å². The van der Waals surface area contributed by atoms with Crippen molar-refractivity contribution in [2.45, 2.75) is 20.4 Å². The molecule has 0 bridgehead atoms. The van der Waals surface area contributed by atoms with Gasteiger partial charge in [0.2, 0.25) is 5.91 Å². The van der Waals surface area contributed by atoms with Gasteiger partial charge >= 0.3 is 5.97 Å². The van der Waals surface area contributed by atoms with Crippen LogP contribution in [-0.2, 0) is 11.3 Å². The van der Waals surface area contributed by atoms with E-state index < -0.39 is 5.97 Å². The van der Waals surface area contributed by atoms with Crippen LogP contribution < -0.4 is 5.32 Å². The van der Waals surface area contributed by atoms with E-state index in [9.17, 15) is 14.7 Å². The largest absolute Gasteiger partial charge is 0.477 e. The minimum Gasteiger partial charge on any atom is -0.477 e. The third-order valence-corrected chi connectivity index (χ3v) is 10.1. The Morgan fingerprint density at radius 3 is 2.44 bits per heavy atom. The van der Waals surface area contributed by atoms with E-state index in [0.717, 1.165) is 77.9 Å². The molecule has 216 valence electrons. The lowest BCUT2D eigenvalue weighted by Gasteiger charge is -2.28. The molecule has 0 unspecified atom stereocenters. The Morgan fingerprint density at radius 1 is 0.930 bits per heavy atom. The molecule has 10 heteroatoms. The van der Waals surface area contributed by atoms with Gasteiger partial charge in [0, 0.05) is 37.1 Å². The second kappa shape index (κ2) is 11.0. The highest BCUT2D eigenvalue weighted by Gasteiger charge is 2.27. The van der Waals surface area contributed by atoms with Crippen LogP contribution in [0.15, 0.2) is 66.7 Å². The molecule has 2 aromatic carbocycles. The van der Waals surface area contributed by atoms with E-state index in [1.165, 1.54) is 11.3 Å². The van der Waals surface area contributed by atoms with E-state index in [0.29, 0.717) is 13.1 Å². The van der Waals surface area contributed by atoms with Crippen LogP contribution in [0.5, 0.6) is 0 Å². The molecule has 1 aliphatic rings. The van der Waals surface area contributed by atoms with Crippen LogP contribution in [0, 0.1) is 13.8 Å². The van der Waals surface area contributed by atoms with E-state index in [4.69, 9.17) is 4.98 Å². The molecule has 0 aliphatic carbocycles. The molecule has 8 nitrogen and oxygen atoms in total. The molecule has 1 fully saturated rings. The quantitative estimate of drug-likeness (QED) is 0.226. The normalized spacial score (nSPS) is 13.7. The summed E-state index contributed by atoms with van der Waals surface area (Å²) < 4.78 is 2.87. The summed E-state index contributed by atoms with van der Waals surface area (Å²) in [5.74, 6) is -0.953. The molecule has 2 N–H and O–H groups in total. The Kier molecular flexibility index (Phi) is 7.04. The third kappa shape index (κ3) is 5.01. The Labute approximate surface area is 256 Å². The lowest BCUT2D eigenvalue weighted by atomic mass is 9.99. The summed E-state index contributed by atoms with van der Waals surface area (Å²) in [4.78, 5) is 38.4. The Balaban J connectivity index is 1.42. The first-order valence-electron chi connectivity index (χ1n) is 14.2. The van der Waals surface area contributed by atoms with Gasteiger partial charge in [0.15, 0.2) is 0 Å². The minimum atomic E-state index is -0.972. The van der Waals surface area contributed by atoms with E-state index in [-0.39, 0.29) is 17.3 Å². The van der Waals surface area contributed by atoms with Gasteiger partial charge in [0.05, 0.1) is 42.7 Å². The molecule has 0 atom stereocenters. The van der Waals surface area contributed by atoms with Gasteiger partial charge in [-0.1, -0.05) is 42.5 Å². The van der Waals surface area contributed by atoms with Crippen molar-refractivity contribution in [1.82, 2.24) is 24.8 Å². The molecular formula is C33H29N5O3S2. The maximum absolute atomic E-state index is 13.6. The first-order valence-corrected chi connectivity index (χ1v) is 15.8. The number of rotatable bonds is 6. The number of benzene rings is 2. The number of fused-ring (bicyclic) bond motifs is 2. The SMILES string of the molecule is Cc1nc(C)c(-c2ccc3cc(-c4c(-c5ccccc5)c5sc(C(=O)O)cc5n4CC(=O)N4CCNCC4)ccc3n2)s1. The number of aromatic nitrogens is 3. The number of amides is 1. The number of thiazole rings is 1. The summed E-state index contributed by atoms with van der Waals surface area (Å²) in [5, 5.41) is 15.2. The van der Waals surface area contributed by atoms with Crippen molar-refractivity contribution in [2.24, 2.45) is 0 Å². The molecule has 5 heterocycles. The lowest BCUT2D eigenvalue weighted by Crippen LogP contribution is -2.47. The van der Waals surface area contributed by atoms with Gasteiger partial charge in [0.1, 0.15) is 11.4 Å². The number of nitrogens with zero attached hydrogens (tertiary/aromatic N) is 4. The van der Waals surface area contributed by atoms with Crippen LogP contribution in [0.3, 0.4) is 0 Å². The zero-order valence-corrected chi connectivity index (χ0v) is 25.4. The maximum atomic E-state index is 13.6. The van der Waals surface area contributed by atoms with Crippen LogP contribution in [-0.4, -0.2) is 62.6 Å². The highest BCUT2D eigenvalue weighted by molar-refractivity contribution is 7.21. The number of thiophene rings is 1. The summed E-state index contributed by atoms with van der Waals surface area (Å²) >= 11 is 2.90. The smallest absolute Gasteiger partial charge is 0.345 e. The highest BCUT2D eigenvalue weighted by Crippen LogP contribution is 2.45. The number of pyridine rings is 1. The van der Waals surface area contributed by atoms with Crippen LogP contribution in [0.4, 0.5) is 0 Å². The predicted molar refractivity (Wildman–Crippen MR) is 173 cm³/mol. The molecule has 0 spiro atoms. The van der Waals surface area contributed by atoms with Gasteiger partial charge in [-0.05, 0) is 49.2 Å². The van der Waals surface area contributed by atoms with Gasteiger partial charge in [-0.25, -0.2) is 14.8 Å². The number of aryl methyl sites for hydroxylation is 2. The molecule has 43 heavy (non-hydrogen) atoms. The van der Waals surface area contributed by atoms with Crippen molar-refractivity contribution < 1.29 is 14.7 Å². The molecule has 1 saturated heterocycles.